The van der Waals surface area contributed by atoms with E-state index < -0.39 is 0 Å². The molecule has 0 aliphatic carbocycles. The lowest BCUT2D eigenvalue weighted by molar-refractivity contribution is 0.791. The summed E-state index contributed by atoms with van der Waals surface area (Å²) in [6, 6.07) is 1.83. The molecule has 0 atom stereocenters. The standard InChI is InChI=1S/C9H11N5/c1-7-8(5-10)6-11-9(13-7)14-4-2-3-12-14/h2-4,6H,5,10H2,1H3. The summed E-state index contributed by atoms with van der Waals surface area (Å²) >= 11 is 0. The summed E-state index contributed by atoms with van der Waals surface area (Å²) in [5, 5.41) is 4.04. The van der Waals surface area contributed by atoms with E-state index in [2.05, 4.69) is 15.1 Å². The Balaban J connectivity index is 2.43. The Morgan fingerprint density at radius 3 is 2.93 bits per heavy atom. The minimum atomic E-state index is 0.464. The van der Waals surface area contributed by atoms with Crippen LogP contribution in [0.4, 0.5) is 0 Å². The Hall–Kier alpha value is -1.75. The average Bonchev–Trinajstić information content (AvgIpc) is 2.70. The second kappa shape index (κ2) is 3.55. The Morgan fingerprint density at radius 1 is 1.50 bits per heavy atom. The Morgan fingerprint density at radius 2 is 2.36 bits per heavy atom. The van der Waals surface area contributed by atoms with E-state index >= 15 is 0 Å². The third kappa shape index (κ3) is 1.49. The summed E-state index contributed by atoms with van der Waals surface area (Å²) in [7, 11) is 0. The van der Waals surface area contributed by atoms with Crippen LogP contribution in [-0.4, -0.2) is 19.7 Å². The Bertz CT molecular complexity index is 421. The van der Waals surface area contributed by atoms with Crippen molar-refractivity contribution >= 4 is 0 Å². The van der Waals surface area contributed by atoms with Crippen molar-refractivity contribution in [2.75, 3.05) is 0 Å². The fourth-order valence-corrected chi connectivity index (χ4v) is 1.18. The van der Waals surface area contributed by atoms with Crippen LogP contribution in [0, 0.1) is 6.92 Å². The highest BCUT2D eigenvalue weighted by molar-refractivity contribution is 5.20. The molecular formula is C9H11N5. The first-order chi connectivity index (χ1) is 6.81. The quantitative estimate of drug-likeness (QED) is 0.743. The van der Waals surface area contributed by atoms with Gasteiger partial charge in [-0.3, -0.25) is 0 Å². The van der Waals surface area contributed by atoms with Crippen molar-refractivity contribution in [2.24, 2.45) is 5.73 Å². The highest BCUT2D eigenvalue weighted by Gasteiger charge is 2.03. The van der Waals surface area contributed by atoms with Crippen molar-refractivity contribution in [1.29, 1.82) is 0 Å². The molecule has 0 saturated carbocycles. The molecule has 14 heavy (non-hydrogen) atoms. The van der Waals surface area contributed by atoms with Crippen molar-refractivity contribution < 1.29 is 0 Å². The van der Waals surface area contributed by atoms with Crippen LogP contribution in [0.3, 0.4) is 0 Å². The van der Waals surface area contributed by atoms with Gasteiger partial charge in [0.25, 0.3) is 5.95 Å². The lowest BCUT2D eigenvalue weighted by Crippen LogP contribution is -2.07. The number of hydrogen-bond acceptors (Lipinski definition) is 4. The molecule has 0 fully saturated rings. The molecule has 0 aromatic carbocycles. The molecule has 0 aliphatic heterocycles. The van der Waals surface area contributed by atoms with Crippen LogP contribution in [0.15, 0.2) is 24.7 Å². The van der Waals surface area contributed by atoms with Crippen LogP contribution in [-0.2, 0) is 6.54 Å². The topological polar surface area (TPSA) is 69.6 Å². The second-order valence-electron chi connectivity index (χ2n) is 2.94. The largest absolute Gasteiger partial charge is 0.326 e. The summed E-state index contributed by atoms with van der Waals surface area (Å²) in [6.07, 6.45) is 5.23. The van der Waals surface area contributed by atoms with Gasteiger partial charge in [0.2, 0.25) is 0 Å². The minimum absolute atomic E-state index is 0.464. The van der Waals surface area contributed by atoms with E-state index in [9.17, 15) is 0 Å². The third-order valence-electron chi connectivity index (χ3n) is 2.00. The molecule has 2 rings (SSSR count). The predicted molar refractivity (Wildman–Crippen MR) is 51.8 cm³/mol. The summed E-state index contributed by atoms with van der Waals surface area (Å²) in [5.41, 5.74) is 7.37. The normalized spacial score (nSPS) is 10.4. The fraction of sp³-hybridized carbons (Fsp3) is 0.222. The highest BCUT2D eigenvalue weighted by atomic mass is 15.3. The molecule has 0 spiro atoms. The number of aromatic nitrogens is 4. The lowest BCUT2D eigenvalue weighted by Gasteiger charge is -2.03. The third-order valence-corrected chi connectivity index (χ3v) is 2.00. The van der Waals surface area contributed by atoms with Crippen LogP contribution in [0.5, 0.6) is 0 Å². The molecule has 0 unspecified atom stereocenters. The zero-order valence-corrected chi connectivity index (χ0v) is 7.88. The van der Waals surface area contributed by atoms with Gasteiger partial charge in [0.15, 0.2) is 0 Å². The van der Waals surface area contributed by atoms with E-state index in [-0.39, 0.29) is 0 Å². The first kappa shape index (κ1) is 8.83. The fourth-order valence-electron chi connectivity index (χ4n) is 1.18. The monoisotopic (exact) mass is 189 g/mol. The Labute approximate surface area is 81.6 Å². The van der Waals surface area contributed by atoms with Crippen molar-refractivity contribution in [2.45, 2.75) is 13.5 Å². The van der Waals surface area contributed by atoms with Crippen LogP contribution < -0.4 is 5.73 Å². The van der Waals surface area contributed by atoms with Crippen LogP contribution >= 0.6 is 0 Å². The molecule has 0 bridgehead atoms. The average molecular weight is 189 g/mol. The molecule has 2 N–H and O–H groups in total. The van der Waals surface area contributed by atoms with E-state index in [1.807, 2.05) is 13.0 Å². The Kier molecular flexibility index (Phi) is 2.24. The predicted octanol–water partition coefficient (Wildman–Crippen LogP) is 0.429. The first-order valence-electron chi connectivity index (χ1n) is 4.34. The lowest BCUT2D eigenvalue weighted by atomic mass is 10.2. The molecule has 2 heterocycles. The maximum Gasteiger partial charge on any atom is 0.250 e. The summed E-state index contributed by atoms with van der Waals surface area (Å²) < 4.78 is 1.62. The van der Waals surface area contributed by atoms with Gasteiger partial charge in [0.1, 0.15) is 0 Å². The molecule has 0 radical (unpaired) electrons. The van der Waals surface area contributed by atoms with Crippen LogP contribution in [0.2, 0.25) is 0 Å². The minimum Gasteiger partial charge on any atom is -0.326 e. The highest BCUT2D eigenvalue weighted by Crippen LogP contribution is 2.05. The summed E-state index contributed by atoms with van der Waals surface area (Å²) in [4.78, 5) is 8.46. The summed E-state index contributed by atoms with van der Waals surface area (Å²) in [5.74, 6) is 0.574. The van der Waals surface area contributed by atoms with Crippen molar-refractivity contribution in [1.82, 2.24) is 19.7 Å². The van der Waals surface area contributed by atoms with E-state index in [0.717, 1.165) is 11.3 Å². The van der Waals surface area contributed by atoms with Crippen molar-refractivity contribution in [3.8, 4) is 5.95 Å². The molecule has 5 heteroatoms. The van der Waals surface area contributed by atoms with Gasteiger partial charge >= 0.3 is 0 Å². The molecule has 2 aromatic heterocycles. The van der Waals surface area contributed by atoms with Gasteiger partial charge in [-0.15, -0.1) is 0 Å². The molecule has 0 amide bonds. The molecular weight excluding hydrogens is 178 g/mol. The number of hydrogen-bond donors (Lipinski definition) is 1. The maximum atomic E-state index is 5.52. The van der Waals surface area contributed by atoms with E-state index in [0.29, 0.717) is 12.5 Å². The van der Waals surface area contributed by atoms with Crippen LogP contribution in [0.25, 0.3) is 5.95 Å². The van der Waals surface area contributed by atoms with E-state index in [4.69, 9.17) is 5.73 Å². The summed E-state index contributed by atoms with van der Waals surface area (Å²) in [6.45, 7) is 2.38. The smallest absolute Gasteiger partial charge is 0.250 e. The van der Waals surface area contributed by atoms with Gasteiger partial charge in [-0.1, -0.05) is 0 Å². The van der Waals surface area contributed by atoms with Gasteiger partial charge in [-0.2, -0.15) is 5.10 Å². The number of nitrogens with zero attached hydrogens (tertiary/aromatic N) is 4. The molecule has 0 aliphatic rings. The van der Waals surface area contributed by atoms with Gasteiger partial charge < -0.3 is 5.73 Å². The van der Waals surface area contributed by atoms with Gasteiger partial charge in [0.05, 0.1) is 0 Å². The zero-order chi connectivity index (χ0) is 9.97. The van der Waals surface area contributed by atoms with E-state index in [1.165, 1.54) is 0 Å². The van der Waals surface area contributed by atoms with E-state index in [1.54, 1.807) is 23.3 Å². The van der Waals surface area contributed by atoms with Crippen molar-refractivity contribution in [3.05, 3.63) is 35.9 Å². The first-order valence-corrected chi connectivity index (χ1v) is 4.34. The van der Waals surface area contributed by atoms with Crippen LogP contribution in [0.1, 0.15) is 11.3 Å². The van der Waals surface area contributed by atoms with Gasteiger partial charge in [-0.05, 0) is 13.0 Å². The number of aryl methyl sites for hydroxylation is 1. The molecule has 5 nitrogen and oxygen atoms in total. The number of rotatable bonds is 2. The maximum absolute atomic E-state index is 5.52. The molecule has 0 saturated heterocycles. The van der Waals surface area contributed by atoms with Gasteiger partial charge in [0, 0.05) is 36.4 Å². The van der Waals surface area contributed by atoms with Gasteiger partial charge in [-0.25, -0.2) is 14.6 Å². The molecule has 72 valence electrons. The number of nitrogens with two attached hydrogens (primary N) is 1. The van der Waals surface area contributed by atoms with Crippen molar-refractivity contribution in [3.63, 3.8) is 0 Å². The second-order valence-corrected chi connectivity index (χ2v) is 2.94. The SMILES string of the molecule is Cc1nc(-n2cccn2)ncc1CN. The zero-order valence-electron chi connectivity index (χ0n) is 7.88. The molecule has 2 aromatic rings.